The first kappa shape index (κ1) is 23.7. The molecule has 0 radical (unpaired) electrons. The summed E-state index contributed by atoms with van der Waals surface area (Å²) in [6, 6.07) is 10.6. The predicted octanol–water partition coefficient (Wildman–Crippen LogP) is 6.31. The number of hydrogen-bond donors (Lipinski definition) is 3. The van der Waals surface area contributed by atoms with Gasteiger partial charge in [-0.3, -0.25) is 4.79 Å². The Balaban J connectivity index is 1.58. The smallest absolute Gasteiger partial charge is 0.228 e. The van der Waals surface area contributed by atoms with Crippen molar-refractivity contribution >= 4 is 40.5 Å². The molecule has 0 bridgehead atoms. The Kier molecular flexibility index (Phi) is 6.92. The summed E-state index contributed by atoms with van der Waals surface area (Å²) < 4.78 is 19.9. The van der Waals surface area contributed by atoms with E-state index < -0.39 is 17.4 Å². The van der Waals surface area contributed by atoms with Gasteiger partial charge in [0.1, 0.15) is 11.5 Å². The number of amides is 1. The average molecular weight is 506 g/mol. The predicted molar refractivity (Wildman–Crippen MR) is 134 cm³/mol. The monoisotopic (exact) mass is 505 g/mol. The van der Waals surface area contributed by atoms with E-state index in [1.165, 1.54) is 12.5 Å². The van der Waals surface area contributed by atoms with Crippen LogP contribution in [0.5, 0.6) is 0 Å². The Labute approximate surface area is 209 Å². The number of carbonyl (C=O) groups excluding carboxylic acids is 1. The van der Waals surface area contributed by atoms with Crippen LogP contribution in [-0.2, 0) is 15.2 Å². The molecule has 1 saturated carbocycles. The lowest BCUT2D eigenvalue weighted by Gasteiger charge is -2.44. The van der Waals surface area contributed by atoms with Gasteiger partial charge >= 0.3 is 0 Å². The summed E-state index contributed by atoms with van der Waals surface area (Å²) in [4.78, 5) is 14.1. The van der Waals surface area contributed by atoms with E-state index in [9.17, 15) is 9.18 Å². The van der Waals surface area contributed by atoms with Crippen LogP contribution in [0, 0.1) is 17.7 Å². The first-order valence-electron chi connectivity index (χ1n) is 12.2. The minimum atomic E-state index is -0.957. The second-order valence-electron chi connectivity index (χ2n) is 9.65. The second-order valence-corrected chi connectivity index (χ2v) is 10.5. The average Bonchev–Trinajstić information content (AvgIpc) is 3.19. The highest BCUT2D eigenvalue weighted by Gasteiger charge is 2.52. The molecule has 2 unspecified atom stereocenters. The third-order valence-electron chi connectivity index (χ3n) is 7.46. The Morgan fingerprint density at radius 1 is 1.00 bits per heavy atom. The van der Waals surface area contributed by atoms with Crippen LogP contribution in [0.2, 0.25) is 10.0 Å². The van der Waals surface area contributed by atoms with Crippen LogP contribution < -0.4 is 16.0 Å². The summed E-state index contributed by atoms with van der Waals surface area (Å²) >= 11 is 12.3. The maximum Gasteiger partial charge on any atom is 0.228 e. The summed E-state index contributed by atoms with van der Waals surface area (Å²) in [5.41, 5.74) is 1.20. The topological polar surface area (TPSA) is 62.4 Å². The van der Waals surface area contributed by atoms with Crippen molar-refractivity contribution in [3.05, 3.63) is 57.8 Å². The van der Waals surface area contributed by atoms with Crippen molar-refractivity contribution in [1.29, 1.82) is 0 Å². The molecule has 3 aliphatic rings. The van der Waals surface area contributed by atoms with Gasteiger partial charge in [0, 0.05) is 30.3 Å². The molecule has 5 nitrogen and oxygen atoms in total. The highest BCUT2D eigenvalue weighted by atomic mass is 35.5. The summed E-state index contributed by atoms with van der Waals surface area (Å²) in [5, 5.41) is 11.1. The minimum absolute atomic E-state index is 0.00752. The molecule has 1 amide bonds. The largest absolute Gasteiger partial charge is 0.381 e. The van der Waals surface area contributed by atoms with Gasteiger partial charge in [0.05, 0.1) is 22.3 Å². The van der Waals surface area contributed by atoms with Gasteiger partial charge in [0.15, 0.2) is 0 Å². The van der Waals surface area contributed by atoms with Crippen molar-refractivity contribution in [3.63, 3.8) is 0 Å². The molecule has 0 spiro atoms. The van der Waals surface area contributed by atoms with Gasteiger partial charge in [-0.1, -0.05) is 54.6 Å². The van der Waals surface area contributed by atoms with Gasteiger partial charge in [-0.15, -0.1) is 0 Å². The summed E-state index contributed by atoms with van der Waals surface area (Å²) in [6.45, 7) is 1.31. The molecule has 5 rings (SSSR count). The van der Waals surface area contributed by atoms with Crippen LogP contribution in [0.15, 0.2) is 36.4 Å². The number of nitrogens with one attached hydrogen (secondary N) is 3. The number of carbonyl (C=O) groups is 1. The van der Waals surface area contributed by atoms with Crippen LogP contribution in [-0.4, -0.2) is 25.2 Å². The van der Waals surface area contributed by atoms with Crippen LogP contribution >= 0.6 is 23.2 Å². The minimum Gasteiger partial charge on any atom is -0.381 e. The van der Waals surface area contributed by atoms with Crippen LogP contribution in [0.4, 0.5) is 15.8 Å². The normalized spacial score (nSPS) is 24.1. The van der Waals surface area contributed by atoms with E-state index in [0.717, 1.165) is 44.1 Å². The standard InChI is InChI=1S/C26H30Cl2FN3O2/c27-18-8-6-17(7-9-18)26(31-22-14-20(28)21(29)15-23(22)32-26)24(16-4-2-1-3-5-16)25(33)30-19-10-12-34-13-11-19/h6-9,14-16,19,24,31-32H,1-5,10-13H2,(H,30,33). The summed E-state index contributed by atoms with van der Waals surface area (Å²) in [5.74, 6) is -0.749. The summed E-state index contributed by atoms with van der Waals surface area (Å²) in [6.07, 6.45) is 6.91. The Bertz CT molecular complexity index is 1010. The molecule has 34 heavy (non-hydrogen) atoms. The molecule has 8 heteroatoms. The van der Waals surface area contributed by atoms with Crippen LogP contribution in [0.1, 0.15) is 50.5 Å². The Morgan fingerprint density at radius 3 is 2.32 bits per heavy atom. The molecule has 2 aliphatic heterocycles. The fourth-order valence-electron chi connectivity index (χ4n) is 5.77. The van der Waals surface area contributed by atoms with Gasteiger partial charge in [0.2, 0.25) is 5.91 Å². The van der Waals surface area contributed by atoms with Gasteiger partial charge in [-0.05, 0) is 55.4 Å². The van der Waals surface area contributed by atoms with E-state index >= 15 is 0 Å². The molecular weight excluding hydrogens is 476 g/mol. The number of benzene rings is 2. The van der Waals surface area contributed by atoms with E-state index in [-0.39, 0.29) is 22.9 Å². The molecule has 2 aromatic carbocycles. The third kappa shape index (κ3) is 4.60. The van der Waals surface area contributed by atoms with E-state index in [1.807, 2.05) is 24.3 Å². The zero-order valence-electron chi connectivity index (χ0n) is 19.0. The molecule has 0 aromatic heterocycles. The molecule has 2 aromatic rings. The number of hydrogen-bond acceptors (Lipinski definition) is 4. The van der Waals surface area contributed by atoms with E-state index in [1.54, 1.807) is 6.07 Å². The number of fused-ring (bicyclic) bond motifs is 1. The second kappa shape index (κ2) is 9.92. The number of anilines is 2. The van der Waals surface area contributed by atoms with Crippen molar-refractivity contribution in [2.24, 2.45) is 11.8 Å². The van der Waals surface area contributed by atoms with Crippen molar-refractivity contribution in [2.75, 3.05) is 23.8 Å². The molecule has 1 saturated heterocycles. The molecule has 2 atom stereocenters. The van der Waals surface area contributed by atoms with Crippen molar-refractivity contribution in [3.8, 4) is 0 Å². The van der Waals surface area contributed by atoms with E-state index in [4.69, 9.17) is 27.9 Å². The number of halogens is 3. The lowest BCUT2D eigenvalue weighted by Crippen LogP contribution is -2.57. The molecule has 182 valence electrons. The first-order chi connectivity index (χ1) is 16.5. The first-order valence-corrected chi connectivity index (χ1v) is 12.9. The maximum atomic E-state index is 14.4. The molecule has 1 aliphatic carbocycles. The van der Waals surface area contributed by atoms with Crippen LogP contribution in [0.3, 0.4) is 0 Å². The lowest BCUT2D eigenvalue weighted by atomic mass is 9.71. The van der Waals surface area contributed by atoms with E-state index in [0.29, 0.717) is 29.6 Å². The zero-order valence-corrected chi connectivity index (χ0v) is 20.5. The van der Waals surface area contributed by atoms with Crippen molar-refractivity contribution in [1.82, 2.24) is 5.32 Å². The van der Waals surface area contributed by atoms with Gasteiger partial charge < -0.3 is 20.7 Å². The number of rotatable bonds is 5. The summed E-state index contributed by atoms with van der Waals surface area (Å²) in [7, 11) is 0. The highest BCUT2D eigenvalue weighted by molar-refractivity contribution is 6.31. The Morgan fingerprint density at radius 2 is 1.65 bits per heavy atom. The molecule has 3 N–H and O–H groups in total. The quantitative estimate of drug-likeness (QED) is 0.445. The fourth-order valence-corrected chi connectivity index (χ4v) is 6.06. The Hall–Kier alpha value is -2.02. The molecule has 2 heterocycles. The maximum absolute atomic E-state index is 14.4. The van der Waals surface area contributed by atoms with Gasteiger partial charge in [-0.2, -0.15) is 0 Å². The molecule has 2 fully saturated rings. The van der Waals surface area contributed by atoms with Crippen LogP contribution in [0.25, 0.3) is 0 Å². The van der Waals surface area contributed by atoms with Gasteiger partial charge in [0.25, 0.3) is 0 Å². The third-order valence-corrected chi connectivity index (χ3v) is 8.00. The van der Waals surface area contributed by atoms with Gasteiger partial charge in [-0.25, -0.2) is 4.39 Å². The molecular formula is C26H30Cl2FN3O2. The van der Waals surface area contributed by atoms with Crippen molar-refractivity contribution in [2.45, 2.75) is 56.7 Å². The highest BCUT2D eigenvalue weighted by Crippen LogP contribution is 2.50. The fraction of sp³-hybridized carbons (Fsp3) is 0.500. The number of ether oxygens (including phenoxy) is 1. The zero-order chi connectivity index (χ0) is 23.7. The van der Waals surface area contributed by atoms with E-state index in [2.05, 4.69) is 16.0 Å². The SMILES string of the molecule is O=C(NC1CCOCC1)C(C1CCCCC1)C1(c2ccc(Cl)cc2)Nc2cc(F)c(Cl)cc2N1. The lowest BCUT2D eigenvalue weighted by molar-refractivity contribution is -0.130. The van der Waals surface area contributed by atoms with Crippen molar-refractivity contribution < 1.29 is 13.9 Å².